The summed E-state index contributed by atoms with van der Waals surface area (Å²) >= 11 is 0. The van der Waals surface area contributed by atoms with Crippen molar-refractivity contribution < 1.29 is 33.9 Å². The van der Waals surface area contributed by atoms with Gasteiger partial charge in [0.05, 0.1) is 21.3 Å². The van der Waals surface area contributed by atoms with Gasteiger partial charge in [-0.2, -0.15) is 0 Å². The van der Waals surface area contributed by atoms with Crippen LogP contribution >= 0.6 is 0 Å². The Morgan fingerprint density at radius 2 is 1.45 bits per heavy atom. The van der Waals surface area contributed by atoms with E-state index in [1.165, 1.54) is 45.6 Å². The lowest BCUT2D eigenvalue weighted by Crippen LogP contribution is -2.09. The summed E-state index contributed by atoms with van der Waals surface area (Å²) in [5.74, 6) is -0.281. The zero-order chi connectivity index (χ0) is 21.3. The monoisotopic (exact) mass is 400 g/mol. The molecule has 0 unspecified atom stereocenters. The number of phenolic OH excluding ortho intramolecular Hbond substituents is 3. The van der Waals surface area contributed by atoms with Crippen LogP contribution in [0.5, 0.6) is 34.5 Å². The topological polar surface area (TPSA) is 119 Å². The Morgan fingerprint density at radius 3 is 2.00 bits per heavy atom. The zero-order valence-corrected chi connectivity index (χ0v) is 16.3. The Balaban J connectivity index is 2.29. The van der Waals surface area contributed by atoms with Gasteiger partial charge in [0.2, 0.25) is 17.2 Å². The number of ether oxygens (including phenoxy) is 3. The quantitative estimate of drug-likeness (QED) is 0.596. The van der Waals surface area contributed by atoms with Crippen LogP contribution in [0.1, 0.15) is 16.9 Å². The molecule has 0 fully saturated rings. The first-order valence-corrected chi connectivity index (χ1v) is 8.51. The largest absolute Gasteiger partial charge is 0.508 e. The Labute approximate surface area is 165 Å². The molecule has 3 N–H and O–H groups in total. The van der Waals surface area contributed by atoms with Crippen LogP contribution in [0.3, 0.4) is 0 Å². The predicted molar refractivity (Wildman–Crippen MR) is 107 cm³/mol. The molecule has 8 nitrogen and oxygen atoms in total. The van der Waals surface area contributed by atoms with Crippen LogP contribution < -0.4 is 19.6 Å². The van der Waals surface area contributed by atoms with Crippen molar-refractivity contribution in [3.63, 3.8) is 0 Å². The highest BCUT2D eigenvalue weighted by molar-refractivity contribution is 5.95. The molecular formula is C21H20O8. The summed E-state index contributed by atoms with van der Waals surface area (Å²) in [6.07, 6.45) is 3.07. The molecule has 1 aromatic heterocycles. The Bertz CT molecular complexity index is 1150. The van der Waals surface area contributed by atoms with E-state index in [-0.39, 0.29) is 51.0 Å². The van der Waals surface area contributed by atoms with E-state index >= 15 is 0 Å². The second-order valence-corrected chi connectivity index (χ2v) is 6.19. The highest BCUT2D eigenvalue weighted by Gasteiger charge is 2.27. The Morgan fingerprint density at radius 1 is 0.862 bits per heavy atom. The molecule has 1 heterocycles. The first kappa shape index (κ1) is 19.9. The fourth-order valence-corrected chi connectivity index (χ4v) is 3.05. The molecule has 3 aromatic rings. The number of hydrogen-bond acceptors (Lipinski definition) is 8. The number of fused-ring (bicyclic) bond motifs is 1. The second kappa shape index (κ2) is 7.67. The summed E-state index contributed by atoms with van der Waals surface area (Å²) in [6, 6.07) is 4.07. The van der Waals surface area contributed by atoms with Gasteiger partial charge in [0.1, 0.15) is 22.6 Å². The number of benzene rings is 2. The van der Waals surface area contributed by atoms with Gasteiger partial charge in [-0.3, -0.25) is 4.79 Å². The zero-order valence-electron chi connectivity index (χ0n) is 16.3. The van der Waals surface area contributed by atoms with E-state index in [0.717, 1.165) is 0 Å². The number of rotatable bonds is 5. The first-order chi connectivity index (χ1) is 13.8. The SMILES string of the molecule is COc1c(OC)c(O)c2c(=O)c(C)c(/C=C/c3cc(O)cc(O)c3)oc2c1OC. The van der Waals surface area contributed by atoms with Gasteiger partial charge >= 0.3 is 0 Å². The first-order valence-electron chi connectivity index (χ1n) is 8.51. The van der Waals surface area contributed by atoms with E-state index in [4.69, 9.17) is 18.6 Å². The molecule has 3 rings (SSSR count). The summed E-state index contributed by atoms with van der Waals surface area (Å²) in [5.41, 5.74) is 0.257. The molecule has 8 heteroatoms. The molecule has 0 saturated heterocycles. The summed E-state index contributed by atoms with van der Waals surface area (Å²) in [5, 5.41) is 29.7. The van der Waals surface area contributed by atoms with Crippen molar-refractivity contribution in [1.82, 2.24) is 0 Å². The molecule has 2 aromatic carbocycles. The Hall–Kier alpha value is -3.81. The van der Waals surface area contributed by atoms with Crippen LogP contribution in [0.2, 0.25) is 0 Å². The average Bonchev–Trinajstić information content (AvgIpc) is 2.68. The third-order valence-corrected chi connectivity index (χ3v) is 4.41. The minimum atomic E-state index is -0.471. The molecule has 29 heavy (non-hydrogen) atoms. The van der Waals surface area contributed by atoms with Crippen molar-refractivity contribution in [2.75, 3.05) is 21.3 Å². The molecule has 0 spiro atoms. The van der Waals surface area contributed by atoms with Crippen molar-refractivity contribution in [2.24, 2.45) is 0 Å². The molecule has 0 aliphatic rings. The fraction of sp³-hybridized carbons (Fsp3) is 0.190. The van der Waals surface area contributed by atoms with Crippen LogP contribution in [0.4, 0.5) is 0 Å². The minimum Gasteiger partial charge on any atom is -0.508 e. The minimum absolute atomic E-state index is 0.00310. The molecular weight excluding hydrogens is 380 g/mol. The third kappa shape index (κ3) is 3.40. The van der Waals surface area contributed by atoms with Gasteiger partial charge in [0.15, 0.2) is 16.8 Å². The summed E-state index contributed by atoms with van der Waals surface area (Å²) in [6.45, 7) is 1.55. The van der Waals surface area contributed by atoms with Gasteiger partial charge in [-0.25, -0.2) is 0 Å². The molecule has 0 amide bonds. The van der Waals surface area contributed by atoms with Crippen molar-refractivity contribution in [2.45, 2.75) is 6.92 Å². The van der Waals surface area contributed by atoms with Gasteiger partial charge in [0, 0.05) is 11.6 Å². The molecule has 152 valence electrons. The lowest BCUT2D eigenvalue weighted by Gasteiger charge is -2.16. The van der Waals surface area contributed by atoms with Crippen molar-refractivity contribution in [3.05, 3.63) is 45.3 Å². The van der Waals surface area contributed by atoms with Crippen LogP contribution in [-0.4, -0.2) is 36.6 Å². The van der Waals surface area contributed by atoms with E-state index in [0.29, 0.717) is 5.56 Å². The number of hydrogen-bond donors (Lipinski definition) is 3. The van der Waals surface area contributed by atoms with Crippen LogP contribution in [0.15, 0.2) is 27.4 Å². The molecule has 0 aliphatic heterocycles. The lowest BCUT2D eigenvalue weighted by molar-refractivity contribution is 0.311. The maximum Gasteiger partial charge on any atom is 0.211 e. The smallest absolute Gasteiger partial charge is 0.211 e. The van der Waals surface area contributed by atoms with E-state index in [1.54, 1.807) is 13.0 Å². The maximum absolute atomic E-state index is 12.9. The highest BCUT2D eigenvalue weighted by Crippen LogP contribution is 2.49. The average molecular weight is 400 g/mol. The summed E-state index contributed by atoms with van der Waals surface area (Å²) in [4.78, 5) is 12.9. The fourth-order valence-electron chi connectivity index (χ4n) is 3.05. The maximum atomic E-state index is 12.9. The summed E-state index contributed by atoms with van der Waals surface area (Å²) in [7, 11) is 4.07. The molecule has 0 aliphatic carbocycles. The lowest BCUT2D eigenvalue weighted by atomic mass is 10.1. The predicted octanol–water partition coefficient (Wildman–Crippen LogP) is 3.41. The van der Waals surface area contributed by atoms with Gasteiger partial charge in [-0.15, -0.1) is 0 Å². The normalized spacial score (nSPS) is 11.2. The van der Waals surface area contributed by atoms with Crippen LogP contribution in [-0.2, 0) is 0 Å². The van der Waals surface area contributed by atoms with E-state index in [9.17, 15) is 20.1 Å². The van der Waals surface area contributed by atoms with Gasteiger partial charge in [-0.05, 0) is 30.7 Å². The third-order valence-electron chi connectivity index (χ3n) is 4.41. The molecule has 0 radical (unpaired) electrons. The van der Waals surface area contributed by atoms with Crippen molar-refractivity contribution >= 4 is 23.1 Å². The van der Waals surface area contributed by atoms with Crippen LogP contribution in [0, 0.1) is 6.92 Å². The molecule has 0 bridgehead atoms. The molecule has 0 saturated carbocycles. The second-order valence-electron chi connectivity index (χ2n) is 6.19. The van der Waals surface area contributed by atoms with Gasteiger partial charge < -0.3 is 33.9 Å². The highest BCUT2D eigenvalue weighted by atomic mass is 16.5. The number of phenols is 3. The van der Waals surface area contributed by atoms with E-state index < -0.39 is 11.2 Å². The van der Waals surface area contributed by atoms with Gasteiger partial charge in [-0.1, -0.05) is 6.08 Å². The van der Waals surface area contributed by atoms with E-state index in [2.05, 4.69) is 0 Å². The standard InChI is InChI=1S/C21H20O8/c1-10-14(6-5-11-7-12(22)9-13(23)8-11)29-18-15(16(10)24)17(25)19(26-2)21(28-4)20(18)27-3/h5-9,22-23,25H,1-4H3/b6-5+. The van der Waals surface area contributed by atoms with Gasteiger partial charge in [0.25, 0.3) is 0 Å². The Kier molecular flexibility index (Phi) is 5.27. The van der Waals surface area contributed by atoms with E-state index in [1.807, 2.05) is 0 Å². The number of aromatic hydroxyl groups is 3. The van der Waals surface area contributed by atoms with Crippen molar-refractivity contribution in [3.8, 4) is 34.5 Å². The van der Waals surface area contributed by atoms with Crippen molar-refractivity contribution in [1.29, 1.82) is 0 Å². The molecule has 0 atom stereocenters. The summed E-state index contributed by atoms with van der Waals surface area (Å²) < 4.78 is 21.7. The number of methoxy groups -OCH3 is 3. The van der Waals surface area contributed by atoms with Crippen LogP contribution in [0.25, 0.3) is 23.1 Å².